The summed E-state index contributed by atoms with van der Waals surface area (Å²) in [5, 5.41) is 2.28. The van der Waals surface area contributed by atoms with Crippen LogP contribution in [0.2, 0.25) is 0 Å². The molecular weight excluding hydrogens is 286 g/mol. The monoisotopic (exact) mass is 311 g/mol. The van der Waals surface area contributed by atoms with Gasteiger partial charge in [0.2, 0.25) is 0 Å². The molecule has 0 amide bonds. The van der Waals surface area contributed by atoms with E-state index in [0.29, 0.717) is 5.82 Å². The standard InChI is InChI=1S/C19H25N3O/c1-2-3-9-14-12-15-17-13(7-4-5-11-20)8-6-10-16(17)22-19(21)18(15)23-14/h6,8,10,12H,2-5,7,9,11,20H2,1H3,(H2,21,22). The van der Waals surface area contributed by atoms with Crippen LogP contribution >= 0.6 is 0 Å². The third-order valence-electron chi connectivity index (χ3n) is 4.33. The molecule has 0 saturated carbocycles. The van der Waals surface area contributed by atoms with Crippen LogP contribution in [-0.2, 0) is 12.8 Å². The summed E-state index contributed by atoms with van der Waals surface area (Å²) in [6.07, 6.45) is 6.34. The first-order valence-electron chi connectivity index (χ1n) is 8.54. The van der Waals surface area contributed by atoms with Crippen molar-refractivity contribution in [3.05, 3.63) is 35.6 Å². The van der Waals surface area contributed by atoms with E-state index in [9.17, 15) is 0 Å². The summed E-state index contributed by atoms with van der Waals surface area (Å²) in [5.41, 5.74) is 14.7. The number of hydrogen-bond donors (Lipinski definition) is 2. The molecule has 0 aliphatic carbocycles. The van der Waals surface area contributed by atoms with Crippen LogP contribution in [0, 0.1) is 0 Å². The van der Waals surface area contributed by atoms with E-state index in [1.807, 2.05) is 6.07 Å². The average molecular weight is 311 g/mol. The highest BCUT2D eigenvalue weighted by Crippen LogP contribution is 2.33. The SMILES string of the molecule is CCCCc1cc2c(o1)c(N)nc1cccc(CCCCN)c12. The fourth-order valence-corrected chi connectivity index (χ4v) is 3.13. The first-order chi connectivity index (χ1) is 11.2. The molecule has 0 unspecified atom stereocenters. The number of anilines is 1. The van der Waals surface area contributed by atoms with Crippen LogP contribution in [0.1, 0.15) is 43.9 Å². The Morgan fingerprint density at radius 3 is 2.78 bits per heavy atom. The molecule has 2 aromatic heterocycles. The lowest BCUT2D eigenvalue weighted by Gasteiger charge is -2.08. The zero-order chi connectivity index (χ0) is 16.2. The van der Waals surface area contributed by atoms with Gasteiger partial charge < -0.3 is 15.9 Å². The molecule has 0 aliphatic heterocycles. The van der Waals surface area contributed by atoms with Crippen LogP contribution in [0.3, 0.4) is 0 Å². The number of hydrogen-bond acceptors (Lipinski definition) is 4. The molecular formula is C19H25N3O. The molecule has 0 fully saturated rings. The van der Waals surface area contributed by atoms with Crippen molar-refractivity contribution in [2.75, 3.05) is 12.3 Å². The van der Waals surface area contributed by atoms with Crippen LogP contribution in [-0.4, -0.2) is 11.5 Å². The van der Waals surface area contributed by atoms with Gasteiger partial charge in [-0.1, -0.05) is 25.5 Å². The number of benzene rings is 1. The average Bonchev–Trinajstić information content (AvgIpc) is 2.98. The zero-order valence-corrected chi connectivity index (χ0v) is 13.8. The van der Waals surface area contributed by atoms with Gasteiger partial charge >= 0.3 is 0 Å². The number of nitrogen functional groups attached to an aromatic ring is 1. The Hall–Kier alpha value is -2.07. The van der Waals surface area contributed by atoms with E-state index < -0.39 is 0 Å². The quantitative estimate of drug-likeness (QED) is 0.641. The molecule has 4 heteroatoms. The van der Waals surface area contributed by atoms with E-state index >= 15 is 0 Å². The second-order valence-corrected chi connectivity index (χ2v) is 6.11. The smallest absolute Gasteiger partial charge is 0.176 e. The topological polar surface area (TPSA) is 78.1 Å². The van der Waals surface area contributed by atoms with Gasteiger partial charge in [-0.25, -0.2) is 4.98 Å². The van der Waals surface area contributed by atoms with Crippen molar-refractivity contribution >= 4 is 27.7 Å². The number of nitrogens with zero attached hydrogens (tertiary/aromatic N) is 1. The van der Waals surface area contributed by atoms with Gasteiger partial charge in [0.1, 0.15) is 5.76 Å². The zero-order valence-electron chi connectivity index (χ0n) is 13.8. The fourth-order valence-electron chi connectivity index (χ4n) is 3.13. The largest absolute Gasteiger partial charge is 0.457 e. The van der Waals surface area contributed by atoms with Crippen molar-refractivity contribution in [1.29, 1.82) is 0 Å². The lowest BCUT2D eigenvalue weighted by Crippen LogP contribution is -2.00. The molecule has 122 valence electrons. The molecule has 0 atom stereocenters. The molecule has 1 aromatic carbocycles. The van der Waals surface area contributed by atoms with Gasteiger partial charge in [-0.15, -0.1) is 0 Å². The van der Waals surface area contributed by atoms with Crippen molar-refractivity contribution in [1.82, 2.24) is 4.98 Å². The third kappa shape index (κ3) is 3.17. The van der Waals surface area contributed by atoms with Crippen molar-refractivity contribution in [2.24, 2.45) is 5.73 Å². The maximum Gasteiger partial charge on any atom is 0.176 e. The number of aryl methyl sites for hydroxylation is 2. The highest BCUT2D eigenvalue weighted by atomic mass is 16.3. The lowest BCUT2D eigenvalue weighted by atomic mass is 10.00. The Kier molecular flexibility index (Phi) is 4.82. The maximum atomic E-state index is 6.11. The van der Waals surface area contributed by atoms with E-state index in [-0.39, 0.29) is 0 Å². The predicted octanol–water partition coefficient (Wildman–Crippen LogP) is 4.19. The molecule has 2 heterocycles. The predicted molar refractivity (Wildman–Crippen MR) is 96.5 cm³/mol. The van der Waals surface area contributed by atoms with Gasteiger partial charge in [-0.3, -0.25) is 0 Å². The van der Waals surface area contributed by atoms with Crippen LogP contribution in [0.15, 0.2) is 28.7 Å². The van der Waals surface area contributed by atoms with Crippen molar-refractivity contribution < 1.29 is 4.42 Å². The highest BCUT2D eigenvalue weighted by molar-refractivity contribution is 6.09. The van der Waals surface area contributed by atoms with Gasteiger partial charge in [-0.05, 0) is 49.9 Å². The second-order valence-electron chi connectivity index (χ2n) is 6.11. The first-order valence-corrected chi connectivity index (χ1v) is 8.54. The Bertz CT molecular complexity index is 807. The molecule has 0 aliphatic rings. The molecule has 0 radical (unpaired) electrons. The van der Waals surface area contributed by atoms with Gasteiger partial charge in [0.05, 0.1) is 5.52 Å². The Morgan fingerprint density at radius 1 is 1.13 bits per heavy atom. The number of furan rings is 1. The van der Waals surface area contributed by atoms with E-state index in [0.717, 1.165) is 67.3 Å². The minimum atomic E-state index is 0.481. The summed E-state index contributed by atoms with van der Waals surface area (Å²) in [7, 11) is 0. The third-order valence-corrected chi connectivity index (χ3v) is 4.33. The van der Waals surface area contributed by atoms with E-state index in [2.05, 4.69) is 30.1 Å². The van der Waals surface area contributed by atoms with E-state index in [1.165, 1.54) is 10.9 Å². The molecule has 0 bridgehead atoms. The van der Waals surface area contributed by atoms with Gasteiger partial charge in [0.25, 0.3) is 0 Å². The molecule has 23 heavy (non-hydrogen) atoms. The van der Waals surface area contributed by atoms with Crippen LogP contribution in [0.4, 0.5) is 5.82 Å². The number of rotatable bonds is 7. The summed E-state index contributed by atoms with van der Waals surface area (Å²) < 4.78 is 5.98. The molecule has 0 spiro atoms. The van der Waals surface area contributed by atoms with Gasteiger partial charge in [0.15, 0.2) is 11.4 Å². The fraction of sp³-hybridized carbons (Fsp3) is 0.421. The summed E-state index contributed by atoms with van der Waals surface area (Å²) in [6, 6.07) is 8.40. The summed E-state index contributed by atoms with van der Waals surface area (Å²) >= 11 is 0. The minimum absolute atomic E-state index is 0.481. The second kappa shape index (κ2) is 7.01. The molecule has 4 N–H and O–H groups in total. The van der Waals surface area contributed by atoms with Crippen molar-refractivity contribution in [3.63, 3.8) is 0 Å². The van der Waals surface area contributed by atoms with E-state index in [1.54, 1.807) is 0 Å². The number of pyridine rings is 1. The number of aromatic nitrogens is 1. The maximum absolute atomic E-state index is 6.11. The number of unbranched alkanes of at least 4 members (excludes halogenated alkanes) is 2. The van der Waals surface area contributed by atoms with Crippen molar-refractivity contribution in [2.45, 2.75) is 45.4 Å². The van der Waals surface area contributed by atoms with Gasteiger partial charge in [0, 0.05) is 17.2 Å². The van der Waals surface area contributed by atoms with E-state index in [4.69, 9.17) is 15.9 Å². The van der Waals surface area contributed by atoms with Crippen molar-refractivity contribution in [3.8, 4) is 0 Å². The Morgan fingerprint density at radius 2 is 2.00 bits per heavy atom. The molecule has 3 aromatic rings. The minimum Gasteiger partial charge on any atom is -0.457 e. The summed E-state index contributed by atoms with van der Waals surface area (Å²) in [6.45, 7) is 2.92. The van der Waals surface area contributed by atoms with Crippen LogP contribution < -0.4 is 11.5 Å². The molecule has 0 saturated heterocycles. The van der Waals surface area contributed by atoms with Crippen LogP contribution in [0.5, 0.6) is 0 Å². The first kappa shape index (κ1) is 15.8. The Balaban J connectivity index is 2.12. The summed E-state index contributed by atoms with van der Waals surface area (Å²) in [4.78, 5) is 4.55. The molecule has 3 rings (SSSR count). The summed E-state index contributed by atoms with van der Waals surface area (Å²) in [5.74, 6) is 1.48. The highest BCUT2D eigenvalue weighted by Gasteiger charge is 2.14. The normalized spacial score (nSPS) is 11.6. The number of nitrogens with two attached hydrogens (primary N) is 2. The number of fused-ring (bicyclic) bond motifs is 3. The lowest BCUT2D eigenvalue weighted by molar-refractivity contribution is 0.537. The Labute approximate surface area is 136 Å². The molecule has 4 nitrogen and oxygen atoms in total. The van der Waals surface area contributed by atoms with Crippen LogP contribution in [0.25, 0.3) is 21.9 Å². The van der Waals surface area contributed by atoms with Gasteiger partial charge in [-0.2, -0.15) is 0 Å².